The fourth-order valence-electron chi connectivity index (χ4n) is 7.97. The van der Waals surface area contributed by atoms with Gasteiger partial charge >= 0.3 is 0 Å². The van der Waals surface area contributed by atoms with Crippen molar-refractivity contribution in [2.45, 2.75) is 76.7 Å². The van der Waals surface area contributed by atoms with E-state index in [1.54, 1.807) is 25.1 Å². The van der Waals surface area contributed by atoms with Gasteiger partial charge in [0.1, 0.15) is 17.2 Å². The monoisotopic (exact) mass is 777 g/mol. The van der Waals surface area contributed by atoms with Gasteiger partial charge < -0.3 is 25.0 Å². The average molecular weight is 779 g/mol. The highest BCUT2D eigenvalue weighted by molar-refractivity contribution is 6.43. The highest BCUT2D eigenvalue weighted by Gasteiger charge is 2.41. The predicted octanol–water partition coefficient (Wildman–Crippen LogP) is 8.88. The zero-order chi connectivity index (χ0) is 38.3. The van der Waals surface area contributed by atoms with Crippen molar-refractivity contribution >= 4 is 50.9 Å². The summed E-state index contributed by atoms with van der Waals surface area (Å²) in [6, 6.07) is 14.8. The van der Waals surface area contributed by atoms with E-state index in [9.17, 15) is 23.9 Å². The lowest BCUT2D eigenvalue weighted by Gasteiger charge is -2.28. The first kappa shape index (κ1) is 38.1. The maximum atomic E-state index is 17.0. The van der Waals surface area contributed by atoms with Gasteiger partial charge in [0.15, 0.2) is 5.82 Å². The lowest BCUT2D eigenvalue weighted by molar-refractivity contribution is -0.133. The molecule has 3 fully saturated rings. The third kappa shape index (κ3) is 7.06. The number of nitriles is 1. The molecular weight excluding hydrogens is 738 g/mol. The van der Waals surface area contributed by atoms with Gasteiger partial charge in [0.05, 0.1) is 46.1 Å². The van der Waals surface area contributed by atoms with Gasteiger partial charge in [-0.05, 0) is 87.9 Å². The minimum absolute atomic E-state index is 0.0843. The molecule has 2 aromatic heterocycles. The number of likely N-dealkylation sites (tertiary alicyclic amines) is 1. The van der Waals surface area contributed by atoms with E-state index in [2.05, 4.69) is 22.0 Å². The van der Waals surface area contributed by atoms with Gasteiger partial charge in [0.25, 0.3) is 0 Å². The van der Waals surface area contributed by atoms with Crippen LogP contribution in [0.15, 0.2) is 48.5 Å². The molecule has 3 atom stereocenters. The second kappa shape index (κ2) is 15.9. The molecule has 4 heterocycles. The topological polar surface area (TPSA) is 114 Å². The summed E-state index contributed by atoms with van der Waals surface area (Å²) in [5, 5.41) is 34.3. The predicted molar refractivity (Wildman–Crippen MR) is 202 cm³/mol. The van der Waals surface area contributed by atoms with Crippen LogP contribution in [0, 0.1) is 34.7 Å². The highest BCUT2D eigenvalue weighted by atomic mass is 35.5. The number of hydrogen-bond acceptors (Lipinski definition) is 6. The van der Waals surface area contributed by atoms with Crippen LogP contribution in [0.2, 0.25) is 10.0 Å². The number of benzene rings is 3. The second-order valence-electron chi connectivity index (χ2n) is 14.2. The quantitative estimate of drug-likeness (QED) is 0.145. The Morgan fingerprint density at radius 1 is 1.07 bits per heavy atom. The molecule has 3 N–H and O–H groups in total. The molecule has 1 aliphatic carbocycles. The number of hydrogen-bond donors (Lipinski definition) is 3. The van der Waals surface area contributed by atoms with Gasteiger partial charge in [0, 0.05) is 64.6 Å². The summed E-state index contributed by atoms with van der Waals surface area (Å²) < 4.78 is 44.2. The Balaban J connectivity index is 0.000000392. The van der Waals surface area contributed by atoms with Crippen molar-refractivity contribution in [2.24, 2.45) is 5.92 Å². The Morgan fingerprint density at radius 2 is 1.81 bits per heavy atom. The molecule has 54 heavy (non-hydrogen) atoms. The first-order valence-corrected chi connectivity index (χ1v) is 19.0. The molecule has 2 saturated heterocycles. The van der Waals surface area contributed by atoms with Crippen LogP contribution in [0.4, 0.5) is 13.2 Å². The molecule has 3 aliphatic rings. The Labute approximate surface area is 321 Å². The molecule has 0 spiro atoms. The first-order chi connectivity index (χ1) is 26.0. The summed E-state index contributed by atoms with van der Waals surface area (Å²) in [5.74, 6) is -1.63. The standard InChI is InChI=1S/C34H34Cl2FN5O2.C7H6F2O/c1-18(43)31-24-16-27(26-8-4-14-41(26)34(44)19-9-10-19)42(21-11-13-39-17-21)33(24)23-15-20(5-3-12-38)28(30(37)32(23)40-31)22-6-2-7-25(35)29(22)36;8-6-2-1-3-7(9)5(6)4-10/h2,6-7,15-16,18-19,21,26,39,43H,3-5,8-11,13-14,17H2,1H3;1-3,10H,4H2. The Morgan fingerprint density at radius 3 is 2.44 bits per heavy atom. The summed E-state index contributed by atoms with van der Waals surface area (Å²) >= 11 is 13.0. The Kier molecular flexibility index (Phi) is 11.2. The molecule has 5 aromatic rings. The van der Waals surface area contributed by atoms with Crippen molar-refractivity contribution in [3.8, 4) is 17.2 Å². The fourth-order valence-corrected chi connectivity index (χ4v) is 8.36. The van der Waals surface area contributed by atoms with E-state index >= 15 is 4.39 Å². The van der Waals surface area contributed by atoms with Crippen molar-refractivity contribution < 1.29 is 28.2 Å². The minimum Gasteiger partial charge on any atom is -0.391 e. The van der Waals surface area contributed by atoms with E-state index in [-0.39, 0.29) is 52.0 Å². The molecule has 1 amide bonds. The Hall–Kier alpha value is -4.18. The van der Waals surface area contributed by atoms with Crippen LogP contribution >= 0.6 is 23.2 Å². The summed E-state index contributed by atoms with van der Waals surface area (Å²) in [6.45, 7) is 3.37. The number of carbonyl (C=O) groups is 1. The molecule has 3 aromatic carbocycles. The van der Waals surface area contributed by atoms with E-state index in [0.29, 0.717) is 33.7 Å². The summed E-state index contributed by atoms with van der Waals surface area (Å²) in [7, 11) is 0. The van der Waals surface area contributed by atoms with E-state index in [4.69, 9.17) is 33.3 Å². The van der Waals surface area contributed by atoms with E-state index in [1.165, 1.54) is 6.07 Å². The van der Waals surface area contributed by atoms with Gasteiger partial charge in [-0.25, -0.2) is 18.2 Å². The molecule has 0 bridgehead atoms. The molecule has 13 heteroatoms. The lowest BCUT2D eigenvalue weighted by atomic mass is 9.92. The number of amides is 1. The van der Waals surface area contributed by atoms with Crippen molar-refractivity contribution in [1.82, 2.24) is 19.8 Å². The smallest absolute Gasteiger partial charge is 0.226 e. The second-order valence-corrected chi connectivity index (χ2v) is 15.0. The number of aromatic nitrogens is 2. The maximum Gasteiger partial charge on any atom is 0.226 e. The molecule has 1 saturated carbocycles. The van der Waals surface area contributed by atoms with Gasteiger partial charge in [-0.15, -0.1) is 0 Å². The molecule has 8 nitrogen and oxygen atoms in total. The van der Waals surface area contributed by atoms with Crippen molar-refractivity contribution in [3.05, 3.63) is 98.5 Å². The van der Waals surface area contributed by atoms with E-state index in [0.717, 1.165) is 80.5 Å². The van der Waals surface area contributed by atoms with Crippen LogP contribution in [0.1, 0.15) is 86.2 Å². The van der Waals surface area contributed by atoms with Crippen LogP contribution in [-0.4, -0.2) is 50.2 Å². The summed E-state index contributed by atoms with van der Waals surface area (Å²) in [5.41, 5.74) is 3.40. The molecule has 8 rings (SSSR count). The normalized spacial score (nSPS) is 18.9. The highest BCUT2D eigenvalue weighted by Crippen LogP contribution is 2.46. The van der Waals surface area contributed by atoms with Gasteiger partial charge in [-0.2, -0.15) is 5.26 Å². The van der Waals surface area contributed by atoms with Crippen LogP contribution in [0.25, 0.3) is 32.9 Å². The largest absolute Gasteiger partial charge is 0.391 e. The van der Waals surface area contributed by atoms with E-state index in [1.807, 2.05) is 11.0 Å². The number of aliphatic hydroxyl groups is 2. The minimum atomic E-state index is -0.962. The van der Waals surface area contributed by atoms with Gasteiger partial charge in [0.2, 0.25) is 5.91 Å². The van der Waals surface area contributed by atoms with Gasteiger partial charge in [-0.1, -0.05) is 41.4 Å². The molecule has 0 radical (unpaired) electrons. The van der Waals surface area contributed by atoms with Crippen LogP contribution in [0.3, 0.4) is 0 Å². The molecule has 2 aliphatic heterocycles. The lowest BCUT2D eigenvalue weighted by Crippen LogP contribution is -2.33. The van der Waals surface area contributed by atoms with Gasteiger partial charge in [-0.3, -0.25) is 4.79 Å². The van der Waals surface area contributed by atoms with Crippen molar-refractivity contribution in [2.75, 3.05) is 19.6 Å². The molecule has 282 valence electrons. The number of pyridine rings is 1. The van der Waals surface area contributed by atoms with E-state index < -0.39 is 30.2 Å². The number of nitrogens with zero attached hydrogens (tertiary/aromatic N) is 4. The number of nitrogens with one attached hydrogen (secondary N) is 1. The zero-order valence-electron chi connectivity index (χ0n) is 29.7. The number of rotatable bonds is 8. The number of halogens is 5. The van der Waals surface area contributed by atoms with Crippen molar-refractivity contribution in [1.29, 1.82) is 5.26 Å². The van der Waals surface area contributed by atoms with Crippen molar-refractivity contribution in [3.63, 3.8) is 0 Å². The molecule has 3 unspecified atom stereocenters. The molecular formula is C41H40Cl2F3N5O3. The average Bonchev–Trinajstić information content (AvgIpc) is 3.47. The number of aliphatic hydroxyl groups excluding tert-OH is 2. The Bertz CT molecular complexity index is 2260. The van der Waals surface area contributed by atoms with Crippen LogP contribution < -0.4 is 5.32 Å². The SMILES string of the molecule is CC(O)c1nc2c(F)c(-c3cccc(Cl)c3Cl)c(CCC#N)cc2c2c1cc(C1CCCN1C(=O)C1CC1)n2C1CCNC1.OCc1c(F)cccc1F. The van der Waals surface area contributed by atoms with Crippen LogP contribution in [0.5, 0.6) is 0 Å². The first-order valence-electron chi connectivity index (χ1n) is 18.3. The summed E-state index contributed by atoms with van der Waals surface area (Å²) in [6.07, 6.45) is 4.09. The maximum absolute atomic E-state index is 17.0. The van der Waals surface area contributed by atoms with Crippen LogP contribution in [-0.2, 0) is 17.8 Å². The number of fused-ring (bicyclic) bond motifs is 3. The summed E-state index contributed by atoms with van der Waals surface area (Å²) in [4.78, 5) is 20.2. The number of aryl methyl sites for hydroxylation is 1. The zero-order valence-corrected chi connectivity index (χ0v) is 31.2. The number of carbonyl (C=O) groups excluding carboxylic acids is 1. The fraction of sp³-hybridized carbons (Fsp3) is 0.390. The third-order valence-electron chi connectivity index (χ3n) is 10.7. The third-order valence-corrected chi connectivity index (χ3v) is 11.5.